The molecule has 106 valence electrons. The Kier molecular flexibility index (Phi) is 4.07. The van der Waals surface area contributed by atoms with Crippen molar-refractivity contribution in [2.45, 2.75) is 13.1 Å². The molecule has 0 fully saturated rings. The van der Waals surface area contributed by atoms with Gasteiger partial charge in [0.05, 0.1) is 18.1 Å². The molecule has 0 unspecified atom stereocenters. The van der Waals surface area contributed by atoms with Crippen LogP contribution in [0.3, 0.4) is 0 Å². The van der Waals surface area contributed by atoms with Crippen LogP contribution in [-0.2, 0) is 13.1 Å². The first-order valence-corrected chi connectivity index (χ1v) is 6.89. The fraction of sp³-hybridized carbons (Fsp3) is 0.176. The average molecular weight is 279 g/mol. The normalized spacial score (nSPS) is 10.7. The maximum absolute atomic E-state index is 5.35. The van der Waals surface area contributed by atoms with E-state index in [1.54, 1.807) is 19.5 Å². The second kappa shape index (κ2) is 6.33. The second-order valence-electron chi connectivity index (χ2n) is 4.79. The van der Waals surface area contributed by atoms with Crippen molar-refractivity contribution in [2.75, 3.05) is 7.11 Å². The van der Waals surface area contributed by atoms with Gasteiger partial charge in [-0.3, -0.25) is 9.97 Å². The highest BCUT2D eigenvalue weighted by Crippen LogP contribution is 2.17. The maximum atomic E-state index is 5.35. The van der Waals surface area contributed by atoms with Crippen LogP contribution in [0.1, 0.15) is 11.1 Å². The van der Waals surface area contributed by atoms with Gasteiger partial charge in [0.2, 0.25) is 0 Å². The Bertz CT molecular complexity index is 743. The number of nitrogens with zero attached hydrogens (tertiary/aromatic N) is 2. The summed E-state index contributed by atoms with van der Waals surface area (Å²) in [6.07, 6.45) is 3.43. The molecule has 3 rings (SSSR count). The SMILES string of the molecule is COc1ccccc1CNCc1ccc2nccnc2c1. The van der Waals surface area contributed by atoms with Gasteiger partial charge in [0.25, 0.3) is 0 Å². The first kappa shape index (κ1) is 13.5. The van der Waals surface area contributed by atoms with Crippen molar-refractivity contribution in [3.05, 3.63) is 66.0 Å². The topological polar surface area (TPSA) is 47.0 Å². The predicted octanol–water partition coefficient (Wildman–Crippen LogP) is 2.93. The number of benzene rings is 2. The molecule has 1 heterocycles. The molecule has 0 bridgehead atoms. The third-order valence-corrected chi connectivity index (χ3v) is 3.37. The minimum absolute atomic E-state index is 0.766. The van der Waals surface area contributed by atoms with E-state index >= 15 is 0 Å². The molecular weight excluding hydrogens is 262 g/mol. The molecule has 0 spiro atoms. The number of ether oxygens (including phenoxy) is 1. The third kappa shape index (κ3) is 3.17. The van der Waals surface area contributed by atoms with Crippen molar-refractivity contribution in [3.8, 4) is 5.75 Å². The van der Waals surface area contributed by atoms with Crippen molar-refractivity contribution >= 4 is 11.0 Å². The fourth-order valence-corrected chi connectivity index (χ4v) is 2.31. The molecule has 0 saturated heterocycles. The highest BCUT2D eigenvalue weighted by Gasteiger charge is 2.02. The summed E-state index contributed by atoms with van der Waals surface area (Å²) in [5, 5.41) is 3.43. The van der Waals surface area contributed by atoms with Crippen molar-refractivity contribution < 1.29 is 4.74 Å². The largest absolute Gasteiger partial charge is 0.496 e. The molecule has 0 aliphatic carbocycles. The fourth-order valence-electron chi connectivity index (χ4n) is 2.31. The van der Waals surface area contributed by atoms with Gasteiger partial charge in [-0.1, -0.05) is 24.3 Å². The molecule has 1 aromatic heterocycles. The van der Waals surface area contributed by atoms with Crippen molar-refractivity contribution in [2.24, 2.45) is 0 Å². The summed E-state index contributed by atoms with van der Waals surface area (Å²) in [4.78, 5) is 8.60. The van der Waals surface area contributed by atoms with Gasteiger partial charge in [-0.05, 0) is 23.8 Å². The lowest BCUT2D eigenvalue weighted by atomic mass is 10.1. The van der Waals surface area contributed by atoms with Crippen LogP contribution in [0.4, 0.5) is 0 Å². The van der Waals surface area contributed by atoms with Crippen LogP contribution in [-0.4, -0.2) is 17.1 Å². The third-order valence-electron chi connectivity index (χ3n) is 3.37. The molecule has 21 heavy (non-hydrogen) atoms. The molecule has 0 saturated carbocycles. The van der Waals surface area contributed by atoms with Crippen molar-refractivity contribution in [3.63, 3.8) is 0 Å². The minimum Gasteiger partial charge on any atom is -0.496 e. The summed E-state index contributed by atoms with van der Waals surface area (Å²) in [5.74, 6) is 0.911. The van der Waals surface area contributed by atoms with E-state index in [9.17, 15) is 0 Å². The van der Waals surface area contributed by atoms with Crippen LogP contribution < -0.4 is 10.1 Å². The molecular formula is C17H17N3O. The van der Waals surface area contributed by atoms with Gasteiger partial charge < -0.3 is 10.1 Å². The summed E-state index contributed by atoms with van der Waals surface area (Å²) >= 11 is 0. The summed E-state index contributed by atoms with van der Waals surface area (Å²) in [6.45, 7) is 1.55. The Morgan fingerprint density at radius 2 is 1.76 bits per heavy atom. The lowest BCUT2D eigenvalue weighted by Gasteiger charge is -2.09. The Hall–Kier alpha value is -2.46. The molecule has 0 amide bonds. The molecule has 0 aliphatic rings. The van der Waals surface area contributed by atoms with Gasteiger partial charge >= 0.3 is 0 Å². The van der Waals surface area contributed by atoms with Crippen molar-refractivity contribution in [1.29, 1.82) is 0 Å². The molecule has 3 aromatic rings. The zero-order chi connectivity index (χ0) is 14.5. The highest BCUT2D eigenvalue weighted by atomic mass is 16.5. The van der Waals surface area contributed by atoms with Crippen LogP contribution in [0, 0.1) is 0 Å². The quantitative estimate of drug-likeness (QED) is 0.780. The number of hydrogen-bond donors (Lipinski definition) is 1. The van der Waals surface area contributed by atoms with Crippen LogP contribution in [0.2, 0.25) is 0 Å². The summed E-state index contributed by atoms with van der Waals surface area (Å²) < 4.78 is 5.35. The van der Waals surface area contributed by atoms with E-state index in [0.717, 1.165) is 35.4 Å². The monoisotopic (exact) mass is 279 g/mol. The molecule has 0 radical (unpaired) electrons. The van der Waals surface area contributed by atoms with Crippen LogP contribution >= 0.6 is 0 Å². The van der Waals surface area contributed by atoms with E-state index in [0.29, 0.717) is 0 Å². The smallest absolute Gasteiger partial charge is 0.123 e. The number of aromatic nitrogens is 2. The first-order chi connectivity index (χ1) is 10.4. The van der Waals surface area contributed by atoms with E-state index in [1.807, 2.05) is 24.3 Å². The summed E-state index contributed by atoms with van der Waals surface area (Å²) in [5.41, 5.74) is 4.19. The number of methoxy groups -OCH3 is 1. The minimum atomic E-state index is 0.766. The predicted molar refractivity (Wildman–Crippen MR) is 83.1 cm³/mol. The van der Waals surface area contributed by atoms with Gasteiger partial charge in [-0.15, -0.1) is 0 Å². The second-order valence-corrected chi connectivity index (χ2v) is 4.79. The molecule has 4 heteroatoms. The highest BCUT2D eigenvalue weighted by molar-refractivity contribution is 5.74. The van der Waals surface area contributed by atoms with E-state index in [-0.39, 0.29) is 0 Å². The van der Waals surface area contributed by atoms with Gasteiger partial charge in [0.1, 0.15) is 5.75 Å². The van der Waals surface area contributed by atoms with Gasteiger partial charge in [-0.25, -0.2) is 0 Å². The summed E-state index contributed by atoms with van der Waals surface area (Å²) in [7, 11) is 1.70. The molecule has 4 nitrogen and oxygen atoms in total. The Labute approximate surface area is 123 Å². The average Bonchev–Trinajstić information content (AvgIpc) is 2.55. The Morgan fingerprint density at radius 1 is 0.952 bits per heavy atom. The Balaban J connectivity index is 1.66. The summed E-state index contributed by atoms with van der Waals surface area (Å²) in [6, 6.07) is 14.2. The zero-order valence-electron chi connectivity index (χ0n) is 11.9. The Morgan fingerprint density at radius 3 is 2.62 bits per heavy atom. The number of rotatable bonds is 5. The maximum Gasteiger partial charge on any atom is 0.123 e. The lowest BCUT2D eigenvalue weighted by molar-refractivity contribution is 0.407. The van der Waals surface area contributed by atoms with Gasteiger partial charge in [0.15, 0.2) is 0 Å². The van der Waals surface area contributed by atoms with E-state index in [4.69, 9.17) is 4.74 Å². The molecule has 0 aliphatic heterocycles. The van der Waals surface area contributed by atoms with E-state index in [2.05, 4.69) is 33.5 Å². The van der Waals surface area contributed by atoms with Gasteiger partial charge in [-0.2, -0.15) is 0 Å². The first-order valence-electron chi connectivity index (χ1n) is 6.89. The number of nitrogens with one attached hydrogen (secondary N) is 1. The molecule has 1 N–H and O–H groups in total. The van der Waals surface area contributed by atoms with Gasteiger partial charge in [0, 0.05) is 31.0 Å². The number of fused-ring (bicyclic) bond motifs is 1. The van der Waals surface area contributed by atoms with Crippen molar-refractivity contribution in [1.82, 2.24) is 15.3 Å². The number of hydrogen-bond acceptors (Lipinski definition) is 4. The van der Waals surface area contributed by atoms with E-state index < -0.39 is 0 Å². The standard InChI is InChI=1S/C17H17N3O/c1-21-17-5-3-2-4-14(17)12-18-11-13-6-7-15-16(10-13)20-9-8-19-15/h2-10,18H,11-12H2,1H3. The van der Waals surface area contributed by atoms with Crippen LogP contribution in [0.15, 0.2) is 54.9 Å². The van der Waals surface area contributed by atoms with E-state index in [1.165, 1.54) is 5.56 Å². The molecule has 2 aromatic carbocycles. The lowest BCUT2D eigenvalue weighted by Crippen LogP contribution is -2.13. The van der Waals surface area contributed by atoms with Crippen LogP contribution in [0.5, 0.6) is 5.75 Å². The number of para-hydroxylation sites is 1. The van der Waals surface area contributed by atoms with Crippen LogP contribution in [0.25, 0.3) is 11.0 Å². The molecule has 0 atom stereocenters. The zero-order valence-corrected chi connectivity index (χ0v) is 11.9.